The third-order valence-corrected chi connectivity index (χ3v) is 5.58. The standard InChI is InChI=1S/C20H27BN2O3/c1-14(2)15-5-7-16(8-6-15)20(24,19(3)12-23(4)13-19)17-9-18(21(25)26)11-22-10-17/h5-11,14,24-26H,12-13H2,1-4H3/t20-/m0/s1. The number of pyridine rings is 1. The maximum absolute atomic E-state index is 12.0. The fourth-order valence-electron chi connectivity index (χ4n) is 4.14. The number of rotatable bonds is 5. The van der Waals surface area contributed by atoms with Crippen LogP contribution in [0.25, 0.3) is 0 Å². The third-order valence-electron chi connectivity index (χ3n) is 5.58. The molecule has 26 heavy (non-hydrogen) atoms. The van der Waals surface area contributed by atoms with Crippen molar-refractivity contribution < 1.29 is 15.2 Å². The van der Waals surface area contributed by atoms with Crippen LogP contribution in [0, 0.1) is 5.41 Å². The van der Waals surface area contributed by atoms with Crippen molar-refractivity contribution in [1.82, 2.24) is 9.88 Å². The van der Waals surface area contributed by atoms with Gasteiger partial charge in [-0.1, -0.05) is 51.1 Å². The predicted molar refractivity (Wildman–Crippen MR) is 103 cm³/mol. The van der Waals surface area contributed by atoms with Gasteiger partial charge in [0, 0.05) is 41.9 Å². The van der Waals surface area contributed by atoms with Gasteiger partial charge >= 0.3 is 7.12 Å². The molecule has 1 fully saturated rings. The van der Waals surface area contributed by atoms with Crippen molar-refractivity contribution in [1.29, 1.82) is 0 Å². The summed E-state index contributed by atoms with van der Waals surface area (Å²) in [7, 11) is 0.405. The van der Waals surface area contributed by atoms with Crippen molar-refractivity contribution in [2.75, 3.05) is 20.1 Å². The molecule has 0 spiro atoms. The molecule has 1 atom stereocenters. The molecule has 0 aliphatic carbocycles. The van der Waals surface area contributed by atoms with E-state index in [4.69, 9.17) is 0 Å². The highest BCUT2D eigenvalue weighted by Crippen LogP contribution is 2.49. The van der Waals surface area contributed by atoms with Gasteiger partial charge in [-0.25, -0.2) is 0 Å². The Morgan fingerprint density at radius 1 is 1.12 bits per heavy atom. The molecule has 1 aliphatic rings. The zero-order valence-electron chi connectivity index (χ0n) is 15.8. The molecule has 5 nitrogen and oxygen atoms in total. The quantitative estimate of drug-likeness (QED) is 0.701. The van der Waals surface area contributed by atoms with Crippen LogP contribution in [0.2, 0.25) is 0 Å². The number of benzene rings is 1. The summed E-state index contributed by atoms with van der Waals surface area (Å²) in [5, 5.41) is 31.0. The average Bonchev–Trinajstić information content (AvgIpc) is 2.59. The van der Waals surface area contributed by atoms with E-state index in [-0.39, 0.29) is 5.46 Å². The number of aliphatic hydroxyl groups is 1. The molecule has 0 unspecified atom stereocenters. The van der Waals surface area contributed by atoms with Crippen LogP contribution in [0.1, 0.15) is 43.4 Å². The maximum Gasteiger partial charge on any atom is 0.490 e. The molecule has 3 rings (SSSR count). The number of likely N-dealkylation sites (tertiary alicyclic amines) is 1. The molecule has 1 saturated heterocycles. The molecular formula is C20H27BN2O3. The molecule has 138 valence electrons. The topological polar surface area (TPSA) is 76.8 Å². The van der Waals surface area contributed by atoms with Gasteiger partial charge < -0.3 is 20.1 Å². The van der Waals surface area contributed by atoms with Crippen LogP contribution in [0.5, 0.6) is 0 Å². The van der Waals surface area contributed by atoms with Crippen molar-refractivity contribution in [2.45, 2.75) is 32.3 Å². The fraction of sp³-hybridized carbons (Fsp3) is 0.450. The van der Waals surface area contributed by atoms with E-state index in [0.29, 0.717) is 11.5 Å². The van der Waals surface area contributed by atoms with Gasteiger partial charge in [0.2, 0.25) is 0 Å². The lowest BCUT2D eigenvalue weighted by Crippen LogP contribution is -2.63. The molecule has 1 aromatic heterocycles. The Labute approximate surface area is 155 Å². The van der Waals surface area contributed by atoms with E-state index in [0.717, 1.165) is 18.7 Å². The lowest BCUT2D eigenvalue weighted by molar-refractivity contribution is -0.127. The predicted octanol–water partition coefficient (Wildman–Crippen LogP) is 1.07. The van der Waals surface area contributed by atoms with Crippen molar-refractivity contribution in [3.8, 4) is 0 Å². The van der Waals surface area contributed by atoms with Gasteiger partial charge in [-0.2, -0.15) is 0 Å². The van der Waals surface area contributed by atoms with Crippen LogP contribution >= 0.6 is 0 Å². The van der Waals surface area contributed by atoms with Crippen LogP contribution in [-0.4, -0.2) is 52.3 Å². The van der Waals surface area contributed by atoms with E-state index in [1.807, 2.05) is 19.2 Å². The van der Waals surface area contributed by atoms with E-state index in [2.05, 4.69) is 42.8 Å². The van der Waals surface area contributed by atoms with Gasteiger partial charge in [0.15, 0.2) is 0 Å². The van der Waals surface area contributed by atoms with E-state index >= 15 is 0 Å². The van der Waals surface area contributed by atoms with Crippen LogP contribution in [0.4, 0.5) is 0 Å². The number of hydrogen-bond acceptors (Lipinski definition) is 5. The highest BCUT2D eigenvalue weighted by molar-refractivity contribution is 6.58. The maximum atomic E-state index is 12.0. The number of nitrogens with zero attached hydrogens (tertiary/aromatic N) is 2. The zero-order valence-corrected chi connectivity index (χ0v) is 15.8. The van der Waals surface area contributed by atoms with E-state index in [9.17, 15) is 15.2 Å². The summed E-state index contributed by atoms with van der Waals surface area (Å²) in [5.41, 5.74) is 1.19. The lowest BCUT2D eigenvalue weighted by Gasteiger charge is -2.56. The van der Waals surface area contributed by atoms with Crippen molar-refractivity contribution in [2.24, 2.45) is 5.41 Å². The second-order valence-corrected chi connectivity index (χ2v) is 8.10. The van der Waals surface area contributed by atoms with E-state index in [1.165, 1.54) is 11.8 Å². The Balaban J connectivity index is 2.13. The Morgan fingerprint density at radius 2 is 1.73 bits per heavy atom. The lowest BCUT2D eigenvalue weighted by atomic mass is 9.61. The summed E-state index contributed by atoms with van der Waals surface area (Å²) in [6.45, 7) is 7.81. The Hall–Kier alpha value is -1.73. The van der Waals surface area contributed by atoms with Crippen LogP contribution in [-0.2, 0) is 5.60 Å². The first kappa shape index (κ1) is 19.0. The minimum absolute atomic E-state index is 0.274. The summed E-state index contributed by atoms with van der Waals surface area (Å²) in [6, 6.07) is 9.68. The molecule has 0 amide bonds. The molecule has 1 aliphatic heterocycles. The first-order valence-electron chi connectivity index (χ1n) is 9.00. The molecule has 2 heterocycles. The smallest absolute Gasteiger partial charge is 0.423 e. The van der Waals surface area contributed by atoms with Crippen LogP contribution in [0.15, 0.2) is 42.7 Å². The first-order valence-corrected chi connectivity index (χ1v) is 9.00. The average molecular weight is 354 g/mol. The second kappa shape index (κ2) is 6.78. The molecule has 0 saturated carbocycles. The van der Waals surface area contributed by atoms with E-state index < -0.39 is 18.1 Å². The van der Waals surface area contributed by atoms with Gasteiger partial charge in [0.1, 0.15) is 5.60 Å². The molecule has 3 N–H and O–H groups in total. The van der Waals surface area contributed by atoms with Crippen LogP contribution < -0.4 is 5.46 Å². The summed E-state index contributed by atoms with van der Waals surface area (Å²) >= 11 is 0. The highest BCUT2D eigenvalue weighted by atomic mass is 16.4. The van der Waals surface area contributed by atoms with Gasteiger partial charge in [0.25, 0.3) is 0 Å². The molecule has 0 radical (unpaired) electrons. The monoisotopic (exact) mass is 354 g/mol. The first-order chi connectivity index (χ1) is 12.2. The van der Waals surface area contributed by atoms with E-state index in [1.54, 1.807) is 12.3 Å². The SMILES string of the molecule is CC(C)c1ccc([C@](O)(c2cncc(B(O)O)c2)C2(C)CN(C)C2)cc1. The molecule has 1 aromatic carbocycles. The summed E-state index contributed by atoms with van der Waals surface area (Å²) in [6.07, 6.45) is 3.03. The molecule has 0 bridgehead atoms. The Kier molecular flexibility index (Phi) is 4.97. The number of aromatic nitrogens is 1. The fourth-order valence-corrected chi connectivity index (χ4v) is 4.14. The Morgan fingerprint density at radius 3 is 2.23 bits per heavy atom. The van der Waals surface area contributed by atoms with Gasteiger partial charge in [-0.3, -0.25) is 4.98 Å². The molecule has 2 aromatic rings. The van der Waals surface area contributed by atoms with Crippen molar-refractivity contribution >= 4 is 12.6 Å². The largest absolute Gasteiger partial charge is 0.490 e. The minimum atomic E-state index is -1.62. The highest BCUT2D eigenvalue weighted by Gasteiger charge is 2.55. The Bertz CT molecular complexity index is 773. The summed E-state index contributed by atoms with van der Waals surface area (Å²) < 4.78 is 0. The second-order valence-electron chi connectivity index (χ2n) is 8.10. The normalized spacial score (nSPS) is 19.1. The summed E-state index contributed by atoms with van der Waals surface area (Å²) in [5.74, 6) is 0.414. The third kappa shape index (κ3) is 3.07. The summed E-state index contributed by atoms with van der Waals surface area (Å²) in [4.78, 5) is 6.30. The van der Waals surface area contributed by atoms with Gasteiger partial charge in [0.05, 0.1) is 0 Å². The van der Waals surface area contributed by atoms with Crippen molar-refractivity contribution in [3.63, 3.8) is 0 Å². The van der Waals surface area contributed by atoms with Gasteiger partial charge in [-0.05, 0) is 24.1 Å². The number of hydrogen-bond donors (Lipinski definition) is 3. The van der Waals surface area contributed by atoms with Crippen molar-refractivity contribution in [3.05, 3.63) is 59.4 Å². The molecule has 6 heteroatoms. The minimum Gasteiger partial charge on any atom is -0.423 e. The van der Waals surface area contributed by atoms with Crippen LogP contribution in [0.3, 0.4) is 0 Å². The van der Waals surface area contributed by atoms with Gasteiger partial charge in [-0.15, -0.1) is 0 Å². The zero-order chi connectivity index (χ0) is 19.1. The molecular weight excluding hydrogens is 327 g/mol.